The molecule has 1 rings (SSSR count). The van der Waals surface area contributed by atoms with E-state index in [4.69, 9.17) is 25.1 Å². The Labute approximate surface area is 128 Å². The van der Waals surface area contributed by atoms with Crippen LogP contribution in [0.5, 0.6) is 0 Å². The van der Waals surface area contributed by atoms with Gasteiger partial charge in [0.2, 0.25) is 12.4 Å². The molecular formula is C13H18O9. The van der Waals surface area contributed by atoms with Crippen LogP contribution in [-0.2, 0) is 42.9 Å². The number of hydrogen-bond donors (Lipinski definition) is 0. The lowest BCUT2D eigenvalue weighted by molar-refractivity contribution is -0.197. The minimum Gasteiger partial charge on any atom is -0.463 e. The monoisotopic (exact) mass is 319 g/mol. The maximum atomic E-state index is 11.3. The van der Waals surface area contributed by atoms with Crippen LogP contribution in [0.3, 0.4) is 0 Å². The van der Waals surface area contributed by atoms with E-state index in [2.05, 4.69) is 0 Å². The number of hydrogen-bond acceptors (Lipinski definition) is 9. The highest BCUT2D eigenvalue weighted by Crippen LogP contribution is 2.28. The number of rotatable bonds is 5. The first-order chi connectivity index (χ1) is 10.5. The van der Waals surface area contributed by atoms with Gasteiger partial charge >= 0.3 is 23.9 Å². The molecule has 0 N–H and O–H groups in total. The van der Waals surface area contributed by atoms with Crippen LogP contribution in [0.1, 0.15) is 29.1 Å². The van der Waals surface area contributed by atoms with E-state index in [1.54, 1.807) is 0 Å². The molecule has 0 aromatic heterocycles. The van der Waals surface area contributed by atoms with Gasteiger partial charge in [0.25, 0.3) is 0 Å². The van der Waals surface area contributed by atoms with E-state index in [0.29, 0.717) is 0 Å². The molecule has 9 nitrogen and oxygen atoms in total. The summed E-state index contributed by atoms with van der Waals surface area (Å²) in [7, 11) is 0. The molecular weight excluding hydrogens is 300 g/mol. The van der Waals surface area contributed by atoms with Gasteiger partial charge in [-0.2, -0.15) is 0 Å². The molecule has 0 radical (unpaired) electrons. The molecule has 0 saturated carbocycles. The van der Waals surface area contributed by atoms with Crippen LogP contribution >= 0.6 is 0 Å². The largest absolute Gasteiger partial charge is 0.463 e. The average Bonchev–Trinajstić information content (AvgIpc) is 2.60. The van der Waals surface area contributed by atoms with Gasteiger partial charge in [-0.05, 0) is 0 Å². The highest BCUT2D eigenvalue weighted by atomic mass is 16.8. The third-order valence-electron chi connectivity index (χ3n) is 2.45. The number of esters is 4. The van der Waals surface area contributed by atoms with Crippen LogP contribution < -0.4 is 0 Å². The average molecular weight is 319 g/mol. The Morgan fingerprint density at radius 2 is 1.36 bits per heavy atom. The molecule has 0 aliphatic carbocycles. The summed E-state index contributed by atoms with van der Waals surface area (Å²) in [5.74, 6) is -2.99. The maximum absolute atomic E-state index is 11.3. The third kappa shape index (κ3) is 5.32. The topological polar surface area (TPSA) is 114 Å². The number of ether oxygens (including phenoxy) is 5. The Bertz CT molecular complexity index is 506. The van der Waals surface area contributed by atoms with Crippen LogP contribution in [0.2, 0.25) is 0 Å². The van der Waals surface area contributed by atoms with Crippen molar-refractivity contribution in [3.05, 3.63) is 0 Å². The molecule has 22 heavy (non-hydrogen) atoms. The molecule has 1 fully saturated rings. The summed E-state index contributed by atoms with van der Waals surface area (Å²) in [6, 6.07) is 0. The second-order valence-electron chi connectivity index (χ2n) is 4.45. The van der Waals surface area contributed by atoms with Crippen molar-refractivity contribution in [2.75, 3.05) is 6.61 Å². The van der Waals surface area contributed by atoms with Crippen LogP contribution in [-0.4, -0.2) is 55.1 Å². The number of carbonyl (C=O) groups excluding carboxylic acids is 4. The van der Waals surface area contributed by atoms with Gasteiger partial charge in [0, 0.05) is 27.7 Å². The summed E-state index contributed by atoms with van der Waals surface area (Å²) in [4.78, 5) is 44.6. The molecule has 1 heterocycles. The first-order valence-electron chi connectivity index (χ1n) is 6.88. The molecule has 1 aliphatic heterocycles. The van der Waals surface area contributed by atoms with E-state index in [1.807, 2.05) is 0 Å². The first kappa shape index (κ1) is 16.2. The molecule has 0 aromatic carbocycles. The van der Waals surface area contributed by atoms with Crippen molar-refractivity contribution in [3.63, 3.8) is 0 Å². The SMILES string of the molecule is [2H][C@@]1(COC(C)=O)OC(OC(C)=O)[C@H](OC(C)=O)[C@@H]1OC(C)=O. The minimum atomic E-state index is -2.10. The molecule has 4 atom stereocenters. The van der Waals surface area contributed by atoms with E-state index in [-0.39, 0.29) is 0 Å². The predicted molar refractivity (Wildman–Crippen MR) is 68.2 cm³/mol. The van der Waals surface area contributed by atoms with Crippen LogP contribution in [0.25, 0.3) is 0 Å². The molecule has 1 unspecified atom stereocenters. The molecule has 1 aliphatic rings. The van der Waals surface area contributed by atoms with Crippen molar-refractivity contribution in [3.8, 4) is 0 Å². The van der Waals surface area contributed by atoms with Crippen molar-refractivity contribution < 1.29 is 44.2 Å². The molecule has 0 spiro atoms. The standard InChI is InChI=1S/C13H18O9/c1-6(14)18-5-10-11(19-7(2)15)12(20-8(3)16)13(22-10)21-9(4)17/h10-13H,5H2,1-4H3/t10-,11+,12+,13?/m0/s1/i10D. The Morgan fingerprint density at radius 3 is 1.82 bits per heavy atom. The Morgan fingerprint density at radius 1 is 0.864 bits per heavy atom. The van der Waals surface area contributed by atoms with Crippen LogP contribution in [0, 0.1) is 0 Å². The van der Waals surface area contributed by atoms with E-state index < -0.39 is 55.1 Å². The molecule has 1 saturated heterocycles. The lowest BCUT2D eigenvalue weighted by Crippen LogP contribution is -2.42. The summed E-state index contributed by atoms with van der Waals surface area (Å²) in [6.45, 7) is 3.76. The minimum absolute atomic E-state index is 0.615. The zero-order chi connectivity index (χ0) is 17.8. The maximum Gasteiger partial charge on any atom is 0.305 e. The Hall–Kier alpha value is -2.16. The lowest BCUT2D eigenvalue weighted by atomic mass is 10.1. The summed E-state index contributed by atoms with van der Waals surface area (Å²) >= 11 is 0. The van der Waals surface area contributed by atoms with Gasteiger partial charge < -0.3 is 23.7 Å². The second kappa shape index (κ2) is 7.74. The summed E-state index contributed by atoms with van der Waals surface area (Å²) in [6.07, 6.45) is -6.40. The Balaban J connectivity index is 3.11. The van der Waals surface area contributed by atoms with Crippen molar-refractivity contribution in [1.82, 2.24) is 0 Å². The smallest absolute Gasteiger partial charge is 0.305 e. The predicted octanol–water partition coefficient (Wildman–Crippen LogP) is -0.299. The number of carbonyl (C=O) groups is 4. The molecule has 0 aromatic rings. The highest BCUT2D eigenvalue weighted by molar-refractivity contribution is 5.68. The van der Waals surface area contributed by atoms with Gasteiger partial charge in [0.15, 0.2) is 6.10 Å². The Kier molecular flexibility index (Phi) is 5.70. The van der Waals surface area contributed by atoms with Crippen LogP contribution in [0.4, 0.5) is 0 Å². The van der Waals surface area contributed by atoms with E-state index in [1.165, 1.54) is 0 Å². The third-order valence-corrected chi connectivity index (χ3v) is 2.45. The lowest BCUT2D eigenvalue weighted by Gasteiger charge is -2.22. The molecule has 0 amide bonds. The molecule has 0 bridgehead atoms. The fourth-order valence-electron chi connectivity index (χ4n) is 1.77. The summed E-state index contributed by atoms with van der Waals surface area (Å²) in [5.41, 5.74) is 0. The fraction of sp³-hybridized carbons (Fsp3) is 0.692. The molecule has 124 valence electrons. The van der Waals surface area contributed by atoms with Gasteiger partial charge in [-0.3, -0.25) is 19.2 Å². The van der Waals surface area contributed by atoms with Gasteiger partial charge in [0.05, 0.1) is 1.37 Å². The highest BCUT2D eigenvalue weighted by Gasteiger charge is 2.51. The van der Waals surface area contributed by atoms with E-state index >= 15 is 0 Å². The normalized spacial score (nSPS) is 30.9. The second-order valence-corrected chi connectivity index (χ2v) is 4.45. The zero-order valence-corrected chi connectivity index (χ0v) is 12.6. The summed E-state index contributed by atoms with van der Waals surface area (Å²) in [5, 5.41) is 0. The van der Waals surface area contributed by atoms with Crippen LogP contribution in [0.15, 0.2) is 0 Å². The van der Waals surface area contributed by atoms with Crippen molar-refractivity contribution in [2.24, 2.45) is 0 Å². The van der Waals surface area contributed by atoms with E-state index in [9.17, 15) is 19.2 Å². The zero-order valence-electron chi connectivity index (χ0n) is 13.6. The first-order valence-corrected chi connectivity index (χ1v) is 6.38. The van der Waals surface area contributed by atoms with Crippen molar-refractivity contribution in [2.45, 2.75) is 52.3 Å². The van der Waals surface area contributed by atoms with Gasteiger partial charge in [-0.1, -0.05) is 0 Å². The van der Waals surface area contributed by atoms with Gasteiger partial charge in [0.1, 0.15) is 12.7 Å². The quantitative estimate of drug-likeness (QED) is 0.497. The van der Waals surface area contributed by atoms with Gasteiger partial charge in [-0.25, -0.2) is 0 Å². The fourth-order valence-corrected chi connectivity index (χ4v) is 1.77. The van der Waals surface area contributed by atoms with Crippen molar-refractivity contribution >= 4 is 23.9 Å². The summed E-state index contributed by atoms with van der Waals surface area (Å²) < 4.78 is 33.0. The van der Waals surface area contributed by atoms with Gasteiger partial charge in [-0.15, -0.1) is 0 Å². The molecule has 9 heteroatoms. The van der Waals surface area contributed by atoms with Crippen molar-refractivity contribution in [1.29, 1.82) is 0 Å². The van der Waals surface area contributed by atoms with E-state index in [0.717, 1.165) is 27.7 Å².